The first kappa shape index (κ1) is 9.50. The van der Waals surface area contributed by atoms with E-state index < -0.39 is 0 Å². The first-order valence-corrected chi connectivity index (χ1v) is 4.50. The van der Waals surface area contributed by atoms with Gasteiger partial charge in [0.05, 0.1) is 12.5 Å². The monoisotopic (exact) mass is 167 g/mol. The van der Waals surface area contributed by atoms with E-state index in [1.165, 1.54) is 13.0 Å². The maximum absolute atomic E-state index is 8.59. The summed E-state index contributed by atoms with van der Waals surface area (Å²) < 4.78 is 0. The smallest absolute Gasteiger partial charge is 0.0638 e. The maximum Gasteiger partial charge on any atom is 0.0638 e. The van der Waals surface area contributed by atoms with Crippen LogP contribution in [0.3, 0.4) is 0 Å². The Bertz CT molecular complexity index is 173. The van der Waals surface area contributed by atoms with Crippen molar-refractivity contribution >= 4 is 0 Å². The normalized spacial score (nSPS) is 26.9. The second-order valence-electron chi connectivity index (χ2n) is 3.57. The fraction of sp³-hybridized carbons (Fsp3) is 0.889. The summed E-state index contributed by atoms with van der Waals surface area (Å²) in [6, 6.07) is 2.62. The highest BCUT2D eigenvalue weighted by Gasteiger charge is 2.26. The van der Waals surface area contributed by atoms with Crippen LogP contribution in [0.1, 0.15) is 12.8 Å². The van der Waals surface area contributed by atoms with Crippen LogP contribution in [0.2, 0.25) is 0 Å². The summed E-state index contributed by atoms with van der Waals surface area (Å²) in [5.74, 6) is 0.666. The number of hydrogen-bond donors (Lipinski definition) is 1. The minimum absolute atomic E-state index is 0.389. The molecule has 3 nitrogen and oxygen atoms in total. The Kier molecular flexibility index (Phi) is 3.51. The maximum atomic E-state index is 8.59. The zero-order valence-corrected chi connectivity index (χ0v) is 7.88. The Balaban J connectivity index is 2.39. The molecule has 12 heavy (non-hydrogen) atoms. The summed E-state index contributed by atoms with van der Waals surface area (Å²) in [4.78, 5) is 2.33. The molecule has 0 unspecified atom stereocenters. The third-order valence-electron chi connectivity index (χ3n) is 2.68. The highest BCUT2D eigenvalue weighted by molar-refractivity contribution is 4.89. The third kappa shape index (κ3) is 2.20. The second-order valence-corrected chi connectivity index (χ2v) is 3.57. The molecule has 1 aliphatic rings. The van der Waals surface area contributed by atoms with Crippen LogP contribution in [0.4, 0.5) is 0 Å². The number of rotatable bonds is 3. The van der Waals surface area contributed by atoms with Crippen LogP contribution in [0.5, 0.6) is 0 Å². The van der Waals surface area contributed by atoms with Crippen molar-refractivity contribution in [3.8, 4) is 6.07 Å². The van der Waals surface area contributed by atoms with Gasteiger partial charge in [-0.2, -0.15) is 5.26 Å². The Morgan fingerprint density at radius 1 is 1.75 bits per heavy atom. The molecular weight excluding hydrogens is 150 g/mol. The van der Waals surface area contributed by atoms with Gasteiger partial charge in [-0.1, -0.05) is 0 Å². The van der Waals surface area contributed by atoms with Crippen LogP contribution in [0.15, 0.2) is 0 Å². The van der Waals surface area contributed by atoms with Gasteiger partial charge in [0.2, 0.25) is 0 Å². The lowest BCUT2D eigenvalue weighted by Crippen LogP contribution is -2.34. The molecule has 0 saturated carbocycles. The number of nitriles is 1. The Hall–Kier alpha value is -0.590. The van der Waals surface area contributed by atoms with E-state index in [4.69, 9.17) is 5.26 Å². The Morgan fingerprint density at radius 3 is 2.92 bits per heavy atom. The van der Waals surface area contributed by atoms with E-state index in [2.05, 4.69) is 23.3 Å². The molecule has 0 aromatic carbocycles. The summed E-state index contributed by atoms with van der Waals surface area (Å²) in [5.41, 5.74) is 0. The zero-order chi connectivity index (χ0) is 8.97. The van der Waals surface area contributed by atoms with Crippen molar-refractivity contribution in [3.63, 3.8) is 0 Å². The van der Waals surface area contributed by atoms with Gasteiger partial charge in [-0.25, -0.2) is 0 Å². The molecule has 1 N–H and O–H groups in total. The molecule has 0 spiro atoms. The van der Waals surface area contributed by atoms with Gasteiger partial charge in [-0.05, 0) is 33.0 Å². The Labute approximate surface area is 74.4 Å². The molecule has 68 valence electrons. The van der Waals surface area contributed by atoms with Crippen LogP contribution >= 0.6 is 0 Å². The van der Waals surface area contributed by atoms with Gasteiger partial charge in [0.15, 0.2) is 0 Å². The molecule has 2 atom stereocenters. The van der Waals surface area contributed by atoms with E-state index in [1.54, 1.807) is 0 Å². The SMILES string of the molecule is CN[C@@H](CC#N)[C@@H]1CCN(C)C1. The van der Waals surface area contributed by atoms with Crippen molar-refractivity contribution in [2.75, 3.05) is 27.2 Å². The fourth-order valence-corrected chi connectivity index (χ4v) is 1.90. The quantitative estimate of drug-likeness (QED) is 0.663. The van der Waals surface area contributed by atoms with E-state index in [-0.39, 0.29) is 0 Å². The summed E-state index contributed by atoms with van der Waals surface area (Å²) in [5, 5.41) is 11.8. The van der Waals surface area contributed by atoms with Gasteiger partial charge in [0, 0.05) is 12.6 Å². The minimum Gasteiger partial charge on any atom is -0.316 e. The van der Waals surface area contributed by atoms with Gasteiger partial charge in [0.1, 0.15) is 0 Å². The number of likely N-dealkylation sites (tertiary alicyclic amines) is 1. The molecule has 3 heteroatoms. The highest BCUT2D eigenvalue weighted by atomic mass is 15.1. The van der Waals surface area contributed by atoms with Gasteiger partial charge >= 0.3 is 0 Å². The summed E-state index contributed by atoms with van der Waals surface area (Å²) in [6.45, 7) is 2.31. The molecule has 0 bridgehead atoms. The standard InChI is InChI=1S/C9H17N3/c1-11-9(3-5-10)8-4-6-12(2)7-8/h8-9,11H,3-4,6-7H2,1-2H3/t8-,9+/m1/s1. The molecule has 0 aromatic heterocycles. The van der Waals surface area contributed by atoms with Gasteiger partial charge in [0.25, 0.3) is 0 Å². The predicted molar refractivity (Wildman–Crippen MR) is 48.7 cm³/mol. The number of nitrogens with zero attached hydrogens (tertiary/aromatic N) is 2. The molecular formula is C9H17N3. The lowest BCUT2D eigenvalue weighted by atomic mass is 9.97. The van der Waals surface area contributed by atoms with Gasteiger partial charge < -0.3 is 10.2 Å². The molecule has 0 aromatic rings. The van der Waals surface area contributed by atoms with E-state index in [0.29, 0.717) is 18.4 Å². The molecule has 1 aliphatic heterocycles. The number of nitrogens with one attached hydrogen (secondary N) is 1. The van der Waals surface area contributed by atoms with Crippen molar-refractivity contribution in [1.29, 1.82) is 5.26 Å². The second kappa shape index (κ2) is 4.44. The minimum atomic E-state index is 0.389. The van der Waals surface area contributed by atoms with Crippen LogP contribution < -0.4 is 5.32 Å². The van der Waals surface area contributed by atoms with E-state index in [1.807, 2.05) is 7.05 Å². The first-order chi connectivity index (χ1) is 5.77. The molecule has 0 amide bonds. The van der Waals surface area contributed by atoms with E-state index in [9.17, 15) is 0 Å². The molecule has 1 fully saturated rings. The average Bonchev–Trinajstić information content (AvgIpc) is 2.47. The van der Waals surface area contributed by atoms with Crippen molar-refractivity contribution in [2.24, 2.45) is 5.92 Å². The van der Waals surface area contributed by atoms with Crippen molar-refractivity contribution in [3.05, 3.63) is 0 Å². The lowest BCUT2D eigenvalue weighted by Gasteiger charge is -2.19. The molecule has 0 aliphatic carbocycles. The van der Waals surface area contributed by atoms with Crippen LogP contribution in [-0.4, -0.2) is 38.1 Å². The largest absolute Gasteiger partial charge is 0.316 e. The fourth-order valence-electron chi connectivity index (χ4n) is 1.90. The lowest BCUT2D eigenvalue weighted by molar-refractivity contribution is 0.348. The van der Waals surface area contributed by atoms with Crippen LogP contribution in [-0.2, 0) is 0 Å². The van der Waals surface area contributed by atoms with E-state index >= 15 is 0 Å². The Morgan fingerprint density at radius 2 is 2.50 bits per heavy atom. The van der Waals surface area contributed by atoms with Crippen LogP contribution in [0, 0.1) is 17.2 Å². The average molecular weight is 167 g/mol. The molecule has 1 heterocycles. The summed E-state index contributed by atoms with van der Waals surface area (Å²) in [6.07, 6.45) is 1.86. The zero-order valence-electron chi connectivity index (χ0n) is 7.88. The summed E-state index contributed by atoms with van der Waals surface area (Å²) in [7, 11) is 4.08. The third-order valence-corrected chi connectivity index (χ3v) is 2.68. The highest BCUT2D eigenvalue weighted by Crippen LogP contribution is 2.19. The summed E-state index contributed by atoms with van der Waals surface area (Å²) >= 11 is 0. The van der Waals surface area contributed by atoms with Crippen molar-refractivity contribution < 1.29 is 0 Å². The van der Waals surface area contributed by atoms with Gasteiger partial charge in [-0.3, -0.25) is 0 Å². The molecule has 0 radical (unpaired) electrons. The van der Waals surface area contributed by atoms with Crippen molar-refractivity contribution in [1.82, 2.24) is 10.2 Å². The molecule has 1 saturated heterocycles. The first-order valence-electron chi connectivity index (χ1n) is 4.50. The topological polar surface area (TPSA) is 39.1 Å². The van der Waals surface area contributed by atoms with E-state index in [0.717, 1.165) is 6.54 Å². The van der Waals surface area contributed by atoms with Crippen LogP contribution in [0.25, 0.3) is 0 Å². The number of hydrogen-bond acceptors (Lipinski definition) is 3. The van der Waals surface area contributed by atoms with Crippen molar-refractivity contribution in [2.45, 2.75) is 18.9 Å². The predicted octanol–water partition coefficient (Wildman–Crippen LogP) is 0.440. The van der Waals surface area contributed by atoms with Gasteiger partial charge in [-0.15, -0.1) is 0 Å². The molecule has 1 rings (SSSR count).